The highest BCUT2D eigenvalue weighted by Crippen LogP contribution is 2.23. The van der Waals surface area contributed by atoms with Gasteiger partial charge in [-0.2, -0.15) is 0 Å². The van der Waals surface area contributed by atoms with Gasteiger partial charge in [0.05, 0.1) is 18.5 Å². The van der Waals surface area contributed by atoms with E-state index in [1.54, 1.807) is 18.7 Å². The molecule has 2 heterocycles. The second-order valence-electron chi connectivity index (χ2n) is 9.14. The number of nitrogens with one attached hydrogen (secondary N) is 3. The number of likely N-dealkylation sites (tertiary alicyclic amines) is 1. The summed E-state index contributed by atoms with van der Waals surface area (Å²) in [6, 6.07) is -1.49. The number of ketones is 1. The minimum Gasteiger partial charge on any atom is -0.457 e. The minimum absolute atomic E-state index is 0.187. The Morgan fingerprint density at radius 2 is 1.71 bits per heavy atom. The second-order valence-corrected chi connectivity index (χ2v) is 10.1. The zero-order chi connectivity index (χ0) is 25.4. The van der Waals surface area contributed by atoms with E-state index >= 15 is 0 Å². The first-order valence-corrected chi connectivity index (χ1v) is 12.8. The van der Waals surface area contributed by atoms with E-state index in [1.807, 2.05) is 20.9 Å². The number of carbonyl (C=O) groups excluding carboxylic acids is 5. The Morgan fingerprint density at radius 3 is 2.26 bits per heavy atom. The van der Waals surface area contributed by atoms with E-state index in [4.69, 9.17) is 4.74 Å². The molecule has 0 aromatic rings. The van der Waals surface area contributed by atoms with Crippen molar-refractivity contribution in [3.05, 3.63) is 0 Å². The van der Waals surface area contributed by atoms with Crippen LogP contribution < -0.4 is 16.0 Å². The van der Waals surface area contributed by atoms with Crippen molar-refractivity contribution < 1.29 is 28.7 Å². The van der Waals surface area contributed by atoms with E-state index in [-0.39, 0.29) is 17.9 Å². The molecule has 0 aliphatic carbocycles. The molecule has 34 heavy (non-hydrogen) atoms. The Hall–Kier alpha value is -2.34. The third-order valence-corrected chi connectivity index (χ3v) is 6.88. The molecule has 1 unspecified atom stereocenters. The molecular formula is C22H37N5O6S. The van der Waals surface area contributed by atoms with Gasteiger partial charge in [-0.25, -0.2) is 9.59 Å². The van der Waals surface area contributed by atoms with Crippen LogP contribution >= 0.6 is 11.8 Å². The van der Waals surface area contributed by atoms with Crippen LogP contribution in [0.25, 0.3) is 0 Å². The number of esters is 1. The zero-order valence-corrected chi connectivity index (χ0v) is 21.4. The molecule has 0 radical (unpaired) electrons. The Labute approximate surface area is 205 Å². The Kier molecular flexibility index (Phi) is 10.6. The number of hydrogen-bond donors (Lipinski definition) is 3. The van der Waals surface area contributed by atoms with E-state index in [9.17, 15) is 24.0 Å². The number of carbonyl (C=O) groups is 5. The number of piperidine rings is 1. The van der Waals surface area contributed by atoms with E-state index < -0.39 is 42.4 Å². The molecule has 192 valence electrons. The van der Waals surface area contributed by atoms with Crippen molar-refractivity contribution in [1.29, 1.82) is 0 Å². The van der Waals surface area contributed by atoms with Gasteiger partial charge in [0.15, 0.2) is 0 Å². The van der Waals surface area contributed by atoms with Crippen molar-refractivity contribution in [2.75, 3.05) is 38.3 Å². The number of amides is 4. The molecule has 4 amide bonds. The second kappa shape index (κ2) is 12.9. The highest BCUT2D eigenvalue weighted by Gasteiger charge is 2.40. The fourth-order valence-corrected chi connectivity index (χ4v) is 4.97. The highest BCUT2D eigenvalue weighted by atomic mass is 32.2. The predicted octanol–water partition coefficient (Wildman–Crippen LogP) is -0.0572. The topological polar surface area (TPSA) is 137 Å². The number of nitrogens with zero attached hydrogens (tertiary/aromatic N) is 2. The van der Waals surface area contributed by atoms with Gasteiger partial charge in [0.1, 0.15) is 12.1 Å². The van der Waals surface area contributed by atoms with Gasteiger partial charge < -0.3 is 30.5 Å². The van der Waals surface area contributed by atoms with Crippen molar-refractivity contribution in [2.45, 2.75) is 64.8 Å². The fraction of sp³-hybridized carbons (Fsp3) is 0.773. The molecule has 0 bridgehead atoms. The first-order chi connectivity index (χ1) is 16.0. The highest BCUT2D eigenvalue weighted by molar-refractivity contribution is 7.99. The summed E-state index contributed by atoms with van der Waals surface area (Å²) in [7, 11) is 1.90. The Morgan fingerprint density at radius 1 is 1.06 bits per heavy atom. The predicted molar refractivity (Wildman–Crippen MR) is 128 cm³/mol. The van der Waals surface area contributed by atoms with Crippen molar-refractivity contribution >= 4 is 41.4 Å². The smallest absolute Gasteiger partial charge is 0.376 e. The summed E-state index contributed by atoms with van der Waals surface area (Å²) >= 11 is 1.41. The molecule has 0 aromatic heterocycles. The van der Waals surface area contributed by atoms with Crippen molar-refractivity contribution in [3.8, 4) is 0 Å². The molecule has 12 heteroatoms. The molecule has 2 fully saturated rings. The molecule has 0 spiro atoms. The largest absolute Gasteiger partial charge is 0.457 e. The maximum Gasteiger partial charge on any atom is 0.376 e. The fourth-order valence-electron chi connectivity index (χ4n) is 3.80. The number of Topliss-reactive ketones (excluding diaryl/α,β-unsaturated/α-hetero) is 1. The summed E-state index contributed by atoms with van der Waals surface area (Å²) in [5.74, 6) is -2.26. The molecule has 2 saturated heterocycles. The van der Waals surface area contributed by atoms with E-state index in [0.29, 0.717) is 30.8 Å². The molecule has 2 atom stereocenters. The molecule has 0 aromatic carbocycles. The molecule has 2 aliphatic heterocycles. The van der Waals surface area contributed by atoms with Gasteiger partial charge in [0.2, 0.25) is 11.8 Å². The van der Waals surface area contributed by atoms with Crippen LogP contribution in [0.4, 0.5) is 4.79 Å². The molecule has 2 aliphatic rings. The monoisotopic (exact) mass is 499 g/mol. The number of ether oxygens (including phenoxy) is 1. The van der Waals surface area contributed by atoms with Gasteiger partial charge in [0, 0.05) is 24.9 Å². The number of hydrogen-bond acceptors (Lipinski definition) is 8. The van der Waals surface area contributed by atoms with Crippen molar-refractivity contribution in [3.63, 3.8) is 0 Å². The van der Waals surface area contributed by atoms with Crippen LogP contribution in [0.2, 0.25) is 0 Å². The van der Waals surface area contributed by atoms with Gasteiger partial charge in [-0.15, -0.1) is 11.8 Å². The van der Waals surface area contributed by atoms with Crippen LogP contribution in [0, 0.1) is 5.92 Å². The van der Waals surface area contributed by atoms with Crippen LogP contribution in [0.5, 0.6) is 0 Å². The summed E-state index contributed by atoms with van der Waals surface area (Å²) in [6.07, 6.45) is 1.25. The Bertz CT molecular complexity index is 769. The molecular weight excluding hydrogens is 462 g/mol. The van der Waals surface area contributed by atoms with Crippen LogP contribution in [0.1, 0.15) is 40.5 Å². The SMILES string of the molecule is CNC1CCN(C(=O)NC(C(=O)N2CSC[C@H]2C(=O)NCC(=O)C(=O)OC(C)C)C(C)C)CC1. The average Bonchev–Trinajstić information content (AvgIpc) is 3.29. The summed E-state index contributed by atoms with van der Waals surface area (Å²) < 4.78 is 4.83. The lowest BCUT2D eigenvalue weighted by atomic mass is 10.0. The Balaban J connectivity index is 1.96. The number of thioether (sulfide) groups is 1. The average molecular weight is 500 g/mol. The standard InChI is InChI=1S/C22H37N5O6S/c1-13(2)18(25-22(32)26-8-6-15(23-5)7-9-26)20(30)27-12-34-11-16(27)19(29)24-10-17(28)21(31)33-14(3)4/h13-16,18,23H,6-12H2,1-5H3,(H,24,29)(H,25,32)/t16-,18?/m0/s1. The van der Waals surface area contributed by atoms with Crippen molar-refractivity contribution in [1.82, 2.24) is 25.8 Å². The summed E-state index contributed by atoms with van der Waals surface area (Å²) in [5.41, 5.74) is 0. The van der Waals surface area contributed by atoms with E-state index in [0.717, 1.165) is 12.8 Å². The maximum absolute atomic E-state index is 13.3. The third-order valence-electron chi connectivity index (χ3n) is 5.86. The minimum atomic E-state index is -1.01. The lowest BCUT2D eigenvalue weighted by molar-refractivity contribution is -0.156. The first-order valence-electron chi connectivity index (χ1n) is 11.7. The van der Waals surface area contributed by atoms with Crippen LogP contribution in [-0.4, -0.2) is 102 Å². The van der Waals surface area contributed by atoms with Gasteiger partial charge in [-0.05, 0) is 39.7 Å². The molecule has 11 nitrogen and oxygen atoms in total. The zero-order valence-electron chi connectivity index (χ0n) is 20.6. The summed E-state index contributed by atoms with van der Waals surface area (Å²) in [5, 5.41) is 8.51. The quantitative estimate of drug-likeness (QED) is 0.297. The van der Waals surface area contributed by atoms with Gasteiger partial charge in [-0.3, -0.25) is 14.4 Å². The van der Waals surface area contributed by atoms with Crippen LogP contribution in [0.15, 0.2) is 0 Å². The van der Waals surface area contributed by atoms with Gasteiger partial charge >= 0.3 is 12.0 Å². The number of urea groups is 1. The molecule has 2 rings (SSSR count). The molecule has 3 N–H and O–H groups in total. The van der Waals surface area contributed by atoms with Gasteiger partial charge in [0.25, 0.3) is 5.78 Å². The normalized spacial score (nSPS) is 19.8. The van der Waals surface area contributed by atoms with E-state index in [1.165, 1.54) is 16.7 Å². The summed E-state index contributed by atoms with van der Waals surface area (Å²) in [6.45, 7) is 7.64. The lowest BCUT2D eigenvalue weighted by Crippen LogP contribution is -2.58. The maximum atomic E-state index is 13.3. The number of rotatable bonds is 9. The van der Waals surface area contributed by atoms with Crippen LogP contribution in [0.3, 0.4) is 0 Å². The first kappa shape index (κ1) is 27.9. The van der Waals surface area contributed by atoms with Crippen LogP contribution in [-0.2, 0) is 23.9 Å². The third kappa shape index (κ3) is 7.59. The molecule has 0 saturated carbocycles. The van der Waals surface area contributed by atoms with Gasteiger partial charge in [-0.1, -0.05) is 13.8 Å². The summed E-state index contributed by atoms with van der Waals surface area (Å²) in [4.78, 5) is 65.5. The van der Waals surface area contributed by atoms with Crippen molar-refractivity contribution in [2.24, 2.45) is 5.92 Å². The lowest BCUT2D eigenvalue weighted by Gasteiger charge is -2.35. The van der Waals surface area contributed by atoms with E-state index in [2.05, 4.69) is 16.0 Å².